The van der Waals surface area contributed by atoms with Crippen molar-refractivity contribution in [2.24, 2.45) is 0 Å². The van der Waals surface area contributed by atoms with Gasteiger partial charge in [-0.2, -0.15) is 18.2 Å². The molecule has 0 saturated heterocycles. The van der Waals surface area contributed by atoms with Crippen LogP contribution < -0.4 is 11.2 Å². The zero-order valence-corrected chi connectivity index (χ0v) is 18.1. The van der Waals surface area contributed by atoms with Gasteiger partial charge in [-0.25, -0.2) is 9.78 Å². The summed E-state index contributed by atoms with van der Waals surface area (Å²) >= 11 is 6.31. The van der Waals surface area contributed by atoms with Crippen LogP contribution in [0, 0.1) is 0 Å². The molecule has 172 valence electrons. The molecular weight excluding hydrogens is 461 g/mol. The van der Waals surface area contributed by atoms with Crippen molar-refractivity contribution in [3.8, 4) is 11.5 Å². The van der Waals surface area contributed by atoms with Crippen LogP contribution >= 0.6 is 11.6 Å². The van der Waals surface area contributed by atoms with E-state index in [1.54, 1.807) is 16.7 Å². The summed E-state index contributed by atoms with van der Waals surface area (Å²) < 4.78 is 46.0. The summed E-state index contributed by atoms with van der Waals surface area (Å²) in [7, 11) is 0. The van der Waals surface area contributed by atoms with Crippen molar-refractivity contribution in [3.63, 3.8) is 0 Å². The predicted octanol–water partition coefficient (Wildman–Crippen LogP) is 4.04. The maximum Gasteiger partial charge on any atom is 0.416 e. The number of nitrogens with one attached hydrogen (secondary N) is 1. The van der Waals surface area contributed by atoms with Gasteiger partial charge in [-0.1, -0.05) is 30.7 Å². The highest BCUT2D eigenvalue weighted by molar-refractivity contribution is 6.32. The molecule has 1 N–H and O–H groups in total. The van der Waals surface area contributed by atoms with Crippen LogP contribution in [0.2, 0.25) is 5.02 Å². The van der Waals surface area contributed by atoms with Crippen molar-refractivity contribution in [2.75, 3.05) is 6.61 Å². The van der Waals surface area contributed by atoms with Gasteiger partial charge in [0, 0.05) is 11.6 Å². The lowest BCUT2D eigenvalue weighted by molar-refractivity contribution is -0.137. The fourth-order valence-corrected chi connectivity index (χ4v) is 3.83. The van der Waals surface area contributed by atoms with Crippen LogP contribution in [0.15, 0.2) is 46.0 Å². The number of hydrogen-bond acceptors (Lipinski definition) is 5. The highest BCUT2D eigenvalue weighted by Crippen LogP contribution is 2.30. The van der Waals surface area contributed by atoms with Crippen LogP contribution in [-0.4, -0.2) is 26.1 Å². The first-order valence-corrected chi connectivity index (χ1v) is 10.4. The van der Waals surface area contributed by atoms with Gasteiger partial charge in [0.2, 0.25) is 0 Å². The Morgan fingerprint density at radius 1 is 1.15 bits per heavy atom. The van der Waals surface area contributed by atoms with E-state index in [0.29, 0.717) is 28.0 Å². The average Bonchev–Trinajstić information content (AvgIpc) is 2.76. The Bertz CT molecular complexity index is 1420. The first kappa shape index (κ1) is 22.9. The number of alkyl halides is 3. The van der Waals surface area contributed by atoms with E-state index in [-0.39, 0.29) is 31.3 Å². The third kappa shape index (κ3) is 4.76. The molecule has 0 saturated carbocycles. The van der Waals surface area contributed by atoms with Crippen LogP contribution in [0.25, 0.3) is 22.6 Å². The van der Waals surface area contributed by atoms with Gasteiger partial charge in [-0.05, 0) is 41.8 Å². The van der Waals surface area contributed by atoms with E-state index >= 15 is 0 Å². The molecular formula is C22H18ClF3N4O3. The van der Waals surface area contributed by atoms with E-state index in [0.717, 1.165) is 17.7 Å². The van der Waals surface area contributed by atoms with Crippen molar-refractivity contribution in [1.82, 2.24) is 19.5 Å². The lowest BCUT2D eigenvalue weighted by Gasteiger charge is -2.18. The Morgan fingerprint density at radius 2 is 1.94 bits per heavy atom. The molecule has 0 fully saturated rings. The van der Waals surface area contributed by atoms with Gasteiger partial charge in [-0.15, -0.1) is 0 Å². The van der Waals surface area contributed by atoms with Crippen LogP contribution in [0.3, 0.4) is 0 Å². The molecule has 2 aromatic rings. The van der Waals surface area contributed by atoms with Crippen molar-refractivity contribution < 1.29 is 17.9 Å². The molecule has 0 unspecified atom stereocenters. The fourth-order valence-electron chi connectivity index (χ4n) is 3.54. The summed E-state index contributed by atoms with van der Waals surface area (Å²) in [6.45, 7) is 2.15. The second-order valence-corrected chi connectivity index (χ2v) is 7.75. The van der Waals surface area contributed by atoms with E-state index in [2.05, 4.69) is 15.0 Å². The number of halogens is 4. The first-order chi connectivity index (χ1) is 15.7. The maximum absolute atomic E-state index is 12.9. The molecule has 0 bridgehead atoms. The Kier molecular flexibility index (Phi) is 6.22. The van der Waals surface area contributed by atoms with E-state index in [4.69, 9.17) is 16.3 Å². The molecule has 4 rings (SSSR count). The minimum atomic E-state index is -4.44. The lowest BCUT2D eigenvalue weighted by Crippen LogP contribution is -2.29. The van der Waals surface area contributed by atoms with E-state index in [1.807, 2.05) is 13.0 Å². The van der Waals surface area contributed by atoms with Gasteiger partial charge in [0.15, 0.2) is 11.5 Å². The number of fused-ring (bicyclic) bond motifs is 2. The van der Waals surface area contributed by atoms with Crippen LogP contribution in [0.4, 0.5) is 13.2 Å². The fraction of sp³-hybridized carbons (Fsp3) is 0.273. The predicted molar refractivity (Wildman–Crippen MR) is 117 cm³/mol. The number of aryl methyl sites for hydroxylation is 1. The van der Waals surface area contributed by atoms with Gasteiger partial charge >= 0.3 is 11.9 Å². The Balaban J connectivity index is 1.66. The molecule has 0 aromatic heterocycles. The molecule has 11 heteroatoms. The first-order valence-electron chi connectivity index (χ1n) is 10.0. The smallest absolute Gasteiger partial charge is 0.375 e. The summed E-state index contributed by atoms with van der Waals surface area (Å²) in [6, 6.07) is 8.34. The van der Waals surface area contributed by atoms with Gasteiger partial charge in [-0.3, -0.25) is 9.78 Å². The van der Waals surface area contributed by atoms with Gasteiger partial charge in [0.25, 0.3) is 5.56 Å². The highest BCUT2D eigenvalue weighted by atomic mass is 35.5. The van der Waals surface area contributed by atoms with Gasteiger partial charge < -0.3 is 9.30 Å². The van der Waals surface area contributed by atoms with Crippen molar-refractivity contribution in [2.45, 2.75) is 32.7 Å². The van der Waals surface area contributed by atoms with Crippen molar-refractivity contribution >= 4 is 22.6 Å². The summed E-state index contributed by atoms with van der Waals surface area (Å²) in [4.78, 5) is 34.5. The molecule has 7 nitrogen and oxygen atoms in total. The number of aromatic amines is 1. The number of H-pyrrole nitrogens is 1. The lowest BCUT2D eigenvalue weighted by atomic mass is 10.1. The quantitative estimate of drug-likeness (QED) is 0.334. The third-order valence-electron chi connectivity index (χ3n) is 5.14. The minimum Gasteiger partial charge on any atom is -0.375 e. The van der Waals surface area contributed by atoms with Crippen molar-refractivity contribution in [1.29, 1.82) is 0 Å². The number of ether oxygens (including phenoxy) is 1. The minimum absolute atomic E-state index is 0.0275. The Hall–Kier alpha value is -3.24. The summed E-state index contributed by atoms with van der Waals surface area (Å²) in [5.41, 5.74) is -0.0118. The largest absolute Gasteiger partial charge is 0.416 e. The Labute approximate surface area is 190 Å². The summed E-state index contributed by atoms with van der Waals surface area (Å²) in [5.74, 6) is 0.0864. The average molecular weight is 479 g/mol. The third-order valence-corrected chi connectivity index (χ3v) is 5.49. The van der Waals surface area contributed by atoms with Crippen LogP contribution in [0.1, 0.15) is 23.6 Å². The van der Waals surface area contributed by atoms with E-state index < -0.39 is 23.0 Å². The van der Waals surface area contributed by atoms with Crippen LogP contribution in [0.5, 0.6) is 0 Å². The molecule has 0 radical (unpaired) electrons. The van der Waals surface area contributed by atoms with E-state index in [1.165, 1.54) is 6.07 Å². The number of rotatable bonds is 6. The van der Waals surface area contributed by atoms with Crippen LogP contribution in [-0.2, 0) is 30.5 Å². The zero-order valence-electron chi connectivity index (χ0n) is 17.4. The summed E-state index contributed by atoms with van der Waals surface area (Å²) in [6.07, 6.45) is -3.79. The molecule has 0 spiro atoms. The topological polar surface area (TPSA) is 89.9 Å². The second-order valence-electron chi connectivity index (χ2n) is 7.34. The van der Waals surface area contributed by atoms with Crippen molar-refractivity contribution in [3.05, 3.63) is 78.9 Å². The van der Waals surface area contributed by atoms with Gasteiger partial charge in [0.1, 0.15) is 0 Å². The summed E-state index contributed by atoms with van der Waals surface area (Å²) in [5, 5.41) is 0.494. The monoisotopic (exact) mass is 478 g/mol. The molecule has 0 amide bonds. The highest BCUT2D eigenvalue weighted by Gasteiger charge is 2.30. The van der Waals surface area contributed by atoms with Gasteiger partial charge in [0.05, 0.1) is 29.8 Å². The standard InChI is InChI=1S/C22H18ClF3N4O3/c1-2-13-9-17-16(10-15(13)23)27-18-19(28-21(32)29-20(18)31)30(17)6-7-33-11-12-4-3-5-14(8-12)22(24,25)26/h3-5,8-10H,2,6-7,11H2,1H3,(H,29,31,32). The maximum atomic E-state index is 12.9. The normalized spacial score (nSPS) is 12.0. The zero-order chi connectivity index (χ0) is 23.8. The molecule has 0 atom stereocenters. The second kappa shape index (κ2) is 8.95. The molecule has 2 aliphatic heterocycles. The number of nitrogens with zero attached hydrogens (tertiary/aromatic N) is 3. The van der Waals surface area contributed by atoms with E-state index in [9.17, 15) is 22.8 Å². The number of benzene rings is 2. The molecule has 2 aliphatic rings. The number of aromatic nitrogens is 4. The Morgan fingerprint density at radius 3 is 2.67 bits per heavy atom. The molecule has 2 aromatic carbocycles. The number of hydrogen-bond donors (Lipinski definition) is 1. The molecule has 0 aliphatic carbocycles. The molecule has 2 heterocycles. The molecule has 33 heavy (non-hydrogen) atoms. The SMILES string of the molecule is CCc1cc2c(cc1Cl)nc1c(=O)[nH]c(=O)nc-1n2CCOCc1cccc(C(F)(F)F)c1.